The first-order valence-electron chi connectivity index (χ1n) is 5.88. The summed E-state index contributed by atoms with van der Waals surface area (Å²) in [5, 5.41) is 4.68. The molecule has 0 fully saturated rings. The molecule has 3 heterocycles. The minimum absolute atomic E-state index is 0.449. The lowest BCUT2D eigenvalue weighted by atomic mass is 10.2. The van der Waals surface area contributed by atoms with Crippen LogP contribution in [-0.4, -0.2) is 19.7 Å². The number of imidazole rings is 1. The number of thiophene rings is 1. The van der Waals surface area contributed by atoms with Crippen LogP contribution >= 0.6 is 11.3 Å². The van der Waals surface area contributed by atoms with Crippen LogP contribution in [0.25, 0.3) is 23.0 Å². The van der Waals surface area contributed by atoms with Crippen molar-refractivity contribution in [2.24, 2.45) is 7.05 Å². The number of hydrogen-bond acceptors (Lipinski definition) is 6. The molecule has 0 aliphatic rings. The molecule has 0 aliphatic heterocycles. The molecule has 6 nitrogen and oxygen atoms in total. The topological polar surface area (TPSA) is 82.8 Å². The zero-order valence-corrected chi connectivity index (χ0v) is 11.4. The van der Waals surface area contributed by atoms with Crippen molar-refractivity contribution in [3.05, 3.63) is 23.5 Å². The second-order valence-electron chi connectivity index (χ2n) is 4.16. The van der Waals surface area contributed by atoms with Crippen LogP contribution in [0, 0.1) is 0 Å². The third-order valence-corrected chi connectivity index (χ3v) is 3.97. The van der Waals surface area contributed by atoms with Gasteiger partial charge < -0.3 is 14.8 Å². The van der Waals surface area contributed by atoms with Crippen LogP contribution in [0.15, 0.2) is 23.1 Å². The van der Waals surface area contributed by atoms with E-state index in [1.54, 1.807) is 23.9 Å². The molecular formula is C12H13N5OS. The van der Waals surface area contributed by atoms with E-state index in [1.807, 2.05) is 17.7 Å². The quantitative estimate of drug-likeness (QED) is 0.793. The van der Waals surface area contributed by atoms with Gasteiger partial charge in [0.15, 0.2) is 0 Å². The summed E-state index contributed by atoms with van der Waals surface area (Å²) in [6.07, 6.45) is 4.33. The van der Waals surface area contributed by atoms with Gasteiger partial charge in [0, 0.05) is 11.9 Å². The normalized spacial score (nSPS) is 11.1. The van der Waals surface area contributed by atoms with Crippen LogP contribution in [0.3, 0.4) is 0 Å². The van der Waals surface area contributed by atoms with Crippen molar-refractivity contribution in [1.82, 2.24) is 19.7 Å². The van der Waals surface area contributed by atoms with E-state index in [0.29, 0.717) is 16.7 Å². The predicted octanol–water partition coefficient (Wildman–Crippen LogP) is 2.34. The summed E-state index contributed by atoms with van der Waals surface area (Å²) < 4.78 is 7.13. The first-order valence-corrected chi connectivity index (χ1v) is 6.69. The maximum absolute atomic E-state index is 5.98. The molecule has 98 valence electrons. The number of hydrogen-bond donors (Lipinski definition) is 1. The van der Waals surface area contributed by atoms with Crippen LogP contribution in [0.2, 0.25) is 0 Å². The van der Waals surface area contributed by atoms with Crippen molar-refractivity contribution < 1.29 is 4.52 Å². The summed E-state index contributed by atoms with van der Waals surface area (Å²) in [5.41, 5.74) is 7.59. The number of nitrogens with zero attached hydrogens (tertiary/aromatic N) is 4. The lowest BCUT2D eigenvalue weighted by molar-refractivity contribution is 0.432. The average Bonchev–Trinajstić information content (AvgIpc) is 3.07. The van der Waals surface area contributed by atoms with E-state index >= 15 is 0 Å². The highest BCUT2D eigenvalue weighted by Gasteiger charge is 2.17. The summed E-state index contributed by atoms with van der Waals surface area (Å²) in [6, 6.07) is 2.00. The molecule has 0 unspecified atom stereocenters. The number of anilines is 1. The Morgan fingerprint density at radius 1 is 1.47 bits per heavy atom. The van der Waals surface area contributed by atoms with Crippen molar-refractivity contribution in [1.29, 1.82) is 0 Å². The highest BCUT2D eigenvalue weighted by molar-refractivity contribution is 7.16. The Morgan fingerprint density at radius 2 is 2.32 bits per heavy atom. The molecule has 7 heteroatoms. The Bertz CT molecular complexity index is 711. The smallest absolute Gasteiger partial charge is 0.261 e. The van der Waals surface area contributed by atoms with Crippen LogP contribution in [-0.2, 0) is 13.5 Å². The average molecular weight is 275 g/mol. The molecule has 0 amide bonds. The van der Waals surface area contributed by atoms with E-state index in [-0.39, 0.29) is 0 Å². The van der Waals surface area contributed by atoms with E-state index in [4.69, 9.17) is 10.3 Å². The van der Waals surface area contributed by atoms with Crippen molar-refractivity contribution in [3.8, 4) is 23.0 Å². The van der Waals surface area contributed by atoms with E-state index in [9.17, 15) is 0 Å². The SMILES string of the molecule is CCc1cc(-c2nc(-c3cncn3C)no2)c(N)s1. The molecule has 0 spiro atoms. The van der Waals surface area contributed by atoms with Gasteiger partial charge in [0.2, 0.25) is 5.82 Å². The molecule has 3 rings (SSSR count). The first-order chi connectivity index (χ1) is 9.19. The van der Waals surface area contributed by atoms with Crippen molar-refractivity contribution in [2.75, 3.05) is 5.73 Å². The molecule has 0 bridgehead atoms. The van der Waals surface area contributed by atoms with E-state index in [1.165, 1.54) is 4.88 Å². The van der Waals surface area contributed by atoms with Gasteiger partial charge in [-0.1, -0.05) is 12.1 Å². The van der Waals surface area contributed by atoms with Crippen molar-refractivity contribution >= 4 is 16.3 Å². The highest BCUT2D eigenvalue weighted by Crippen LogP contribution is 2.34. The number of nitrogen functional groups attached to an aromatic ring is 1. The molecule has 3 aromatic rings. The van der Waals surface area contributed by atoms with E-state index in [0.717, 1.165) is 17.7 Å². The Balaban J connectivity index is 2.01. The number of rotatable bonds is 3. The van der Waals surface area contributed by atoms with Crippen LogP contribution in [0.1, 0.15) is 11.8 Å². The molecular weight excluding hydrogens is 262 g/mol. The number of aromatic nitrogens is 4. The van der Waals surface area contributed by atoms with Crippen LogP contribution < -0.4 is 5.73 Å². The molecule has 0 saturated heterocycles. The first kappa shape index (κ1) is 11.9. The van der Waals surface area contributed by atoms with Gasteiger partial charge in [-0.2, -0.15) is 4.98 Å². The van der Waals surface area contributed by atoms with Crippen LogP contribution in [0.4, 0.5) is 5.00 Å². The molecule has 3 aromatic heterocycles. The van der Waals surface area contributed by atoms with Gasteiger partial charge in [0.25, 0.3) is 5.89 Å². The van der Waals surface area contributed by atoms with E-state index in [2.05, 4.69) is 22.0 Å². The fourth-order valence-corrected chi connectivity index (χ4v) is 2.67. The Kier molecular flexibility index (Phi) is 2.83. The van der Waals surface area contributed by atoms with Gasteiger partial charge in [0.05, 0.1) is 23.1 Å². The standard InChI is InChI=1S/C12H13N5OS/c1-3-7-4-8(10(13)19-7)12-15-11(16-18-12)9-5-14-6-17(9)2/h4-6H,3,13H2,1-2H3. The zero-order valence-electron chi connectivity index (χ0n) is 10.6. The van der Waals surface area contributed by atoms with Gasteiger partial charge in [-0.3, -0.25) is 0 Å². The second kappa shape index (κ2) is 4.51. The summed E-state index contributed by atoms with van der Waals surface area (Å²) in [6.45, 7) is 2.09. The van der Waals surface area contributed by atoms with Crippen molar-refractivity contribution in [3.63, 3.8) is 0 Å². The minimum Gasteiger partial charge on any atom is -0.390 e. The number of nitrogens with two attached hydrogens (primary N) is 1. The van der Waals surface area contributed by atoms with Gasteiger partial charge in [-0.05, 0) is 12.5 Å². The van der Waals surface area contributed by atoms with Crippen LogP contribution in [0.5, 0.6) is 0 Å². The van der Waals surface area contributed by atoms with Crippen molar-refractivity contribution in [2.45, 2.75) is 13.3 Å². The lowest BCUT2D eigenvalue weighted by Gasteiger charge is -1.93. The molecule has 0 aliphatic carbocycles. The molecule has 2 N–H and O–H groups in total. The largest absolute Gasteiger partial charge is 0.390 e. The minimum atomic E-state index is 0.449. The summed E-state index contributed by atoms with van der Waals surface area (Å²) in [5.74, 6) is 0.961. The molecule has 19 heavy (non-hydrogen) atoms. The van der Waals surface area contributed by atoms with Gasteiger partial charge in [-0.25, -0.2) is 4.98 Å². The molecule has 0 saturated carbocycles. The Labute approximate surface area is 113 Å². The van der Waals surface area contributed by atoms with Gasteiger partial charge >= 0.3 is 0 Å². The zero-order chi connectivity index (χ0) is 13.4. The summed E-state index contributed by atoms with van der Waals surface area (Å²) in [4.78, 5) is 9.62. The fraction of sp³-hybridized carbons (Fsp3) is 0.250. The Morgan fingerprint density at radius 3 is 2.95 bits per heavy atom. The molecule has 0 atom stereocenters. The number of aryl methyl sites for hydroxylation is 2. The highest BCUT2D eigenvalue weighted by atomic mass is 32.1. The summed E-state index contributed by atoms with van der Waals surface area (Å²) >= 11 is 1.55. The maximum atomic E-state index is 5.98. The predicted molar refractivity (Wildman–Crippen MR) is 73.6 cm³/mol. The van der Waals surface area contributed by atoms with Gasteiger partial charge in [-0.15, -0.1) is 11.3 Å². The second-order valence-corrected chi connectivity index (χ2v) is 5.33. The van der Waals surface area contributed by atoms with Gasteiger partial charge in [0.1, 0.15) is 5.69 Å². The summed E-state index contributed by atoms with van der Waals surface area (Å²) in [7, 11) is 1.88. The monoisotopic (exact) mass is 275 g/mol. The van der Waals surface area contributed by atoms with E-state index < -0.39 is 0 Å². The molecule has 0 aromatic carbocycles. The third-order valence-electron chi connectivity index (χ3n) is 2.86. The Hall–Kier alpha value is -2.15. The lowest BCUT2D eigenvalue weighted by Crippen LogP contribution is -1.90. The maximum Gasteiger partial charge on any atom is 0.261 e. The molecule has 0 radical (unpaired) electrons. The third kappa shape index (κ3) is 2.01. The fourth-order valence-electron chi connectivity index (χ4n) is 1.81.